The lowest BCUT2D eigenvalue weighted by Gasteiger charge is -2.15. The second-order valence-corrected chi connectivity index (χ2v) is 6.73. The van der Waals surface area contributed by atoms with Gasteiger partial charge in [-0.3, -0.25) is 0 Å². The van der Waals surface area contributed by atoms with Gasteiger partial charge in [-0.05, 0) is 35.9 Å². The van der Waals surface area contributed by atoms with Gasteiger partial charge in [-0.15, -0.1) is 5.10 Å². The highest BCUT2D eigenvalue weighted by atomic mass is 32.2. The van der Waals surface area contributed by atoms with Crippen LogP contribution in [0.5, 0.6) is 5.75 Å². The van der Waals surface area contributed by atoms with Crippen LogP contribution < -0.4 is 21.0 Å². The van der Waals surface area contributed by atoms with Crippen LogP contribution in [0.15, 0.2) is 52.5 Å². The topological polar surface area (TPSA) is 126 Å². The van der Waals surface area contributed by atoms with Crippen molar-refractivity contribution >= 4 is 16.8 Å². The molecule has 0 spiro atoms. The van der Waals surface area contributed by atoms with Gasteiger partial charge in [0.05, 0.1) is 25.2 Å². The molecule has 0 fully saturated rings. The van der Waals surface area contributed by atoms with Crippen molar-refractivity contribution in [3.63, 3.8) is 0 Å². The Kier molecular flexibility index (Phi) is 7.67. The smallest absolute Gasteiger partial charge is 0.152 e. The van der Waals surface area contributed by atoms with Crippen molar-refractivity contribution in [1.82, 2.24) is 9.84 Å². The van der Waals surface area contributed by atoms with E-state index in [0.717, 1.165) is 10.7 Å². The van der Waals surface area contributed by atoms with Crippen LogP contribution in [0.1, 0.15) is 11.1 Å². The molecular weight excluding hydrogens is 373 g/mol. The van der Waals surface area contributed by atoms with E-state index in [1.54, 1.807) is 30.3 Å². The third-order valence-electron chi connectivity index (χ3n) is 3.50. The normalized spacial score (nSPS) is 12.7. The molecule has 0 saturated carbocycles. The number of nitrogens with one attached hydrogen (secondary N) is 1. The number of hydrazine groups is 1. The van der Waals surface area contributed by atoms with E-state index in [0.29, 0.717) is 16.2 Å². The van der Waals surface area contributed by atoms with E-state index in [1.807, 2.05) is 0 Å². The summed E-state index contributed by atoms with van der Waals surface area (Å²) in [5.74, 6) is 6.01. The molecule has 0 heterocycles. The predicted octanol–water partition coefficient (Wildman–Crippen LogP) is 0.435. The van der Waals surface area contributed by atoms with E-state index in [1.165, 1.54) is 19.2 Å². The zero-order valence-corrected chi connectivity index (χ0v) is 15.6. The minimum atomic E-state index is -1.54. The molecule has 146 valence electrons. The molecule has 0 bridgehead atoms. The molecule has 0 radical (unpaired) electrons. The zero-order valence-electron chi connectivity index (χ0n) is 14.8. The third-order valence-corrected chi connectivity index (χ3v) is 4.70. The Labute approximate surface area is 159 Å². The minimum absolute atomic E-state index is 0.133. The van der Waals surface area contributed by atoms with Gasteiger partial charge in [0.15, 0.2) is 5.84 Å². The van der Waals surface area contributed by atoms with Crippen molar-refractivity contribution in [2.45, 2.75) is 11.4 Å². The summed E-state index contributed by atoms with van der Waals surface area (Å²) in [7, 11) is -0.0895. The Balaban J connectivity index is 2.14. The van der Waals surface area contributed by atoms with Crippen LogP contribution >= 0.6 is 0 Å². The number of hydrogen-bond donors (Lipinski definition) is 4. The standard InChI is InChI=1S/C17H22FN5O3S/c1-26-15-10-13(4-7-16(15)27(25)21-8-9-24)17(19)22-23(20)11-12-2-5-14(18)6-3-12/h2-7,10,21,24H,8-9,11,20H2,1H3,(H2,19,22). The molecule has 2 rings (SSSR count). The number of halogens is 1. The maximum Gasteiger partial charge on any atom is 0.152 e. The van der Waals surface area contributed by atoms with Crippen molar-refractivity contribution < 1.29 is 18.4 Å². The number of nitrogens with two attached hydrogens (primary N) is 2. The van der Waals surface area contributed by atoms with Crippen molar-refractivity contribution in [3.05, 3.63) is 59.4 Å². The first-order valence-corrected chi connectivity index (χ1v) is 9.15. The van der Waals surface area contributed by atoms with Crippen LogP contribution in [0.2, 0.25) is 0 Å². The summed E-state index contributed by atoms with van der Waals surface area (Å²) >= 11 is 0. The van der Waals surface area contributed by atoms with Gasteiger partial charge in [0.1, 0.15) is 22.6 Å². The molecule has 8 nitrogen and oxygen atoms in total. The summed E-state index contributed by atoms with van der Waals surface area (Å²) < 4.78 is 33.0. The molecule has 1 atom stereocenters. The van der Waals surface area contributed by atoms with Crippen LogP contribution in [0.25, 0.3) is 0 Å². The van der Waals surface area contributed by atoms with Gasteiger partial charge in [-0.1, -0.05) is 12.1 Å². The third kappa shape index (κ3) is 6.00. The fourth-order valence-corrected chi connectivity index (χ4v) is 3.15. The number of amidine groups is 1. The molecule has 2 aromatic carbocycles. The first-order valence-electron chi connectivity index (χ1n) is 8.00. The Hall–Kier alpha value is -2.53. The van der Waals surface area contributed by atoms with Gasteiger partial charge in [0.25, 0.3) is 0 Å². The SMILES string of the molecule is COc1cc(/C(N)=N/N(N)Cc2ccc(F)cc2)ccc1S(=O)NCCO. The molecule has 10 heteroatoms. The molecule has 27 heavy (non-hydrogen) atoms. The first kappa shape index (κ1) is 20.8. The highest BCUT2D eigenvalue weighted by Crippen LogP contribution is 2.23. The summed E-state index contributed by atoms with van der Waals surface area (Å²) in [6.07, 6.45) is 0. The fourth-order valence-electron chi connectivity index (χ4n) is 2.20. The van der Waals surface area contributed by atoms with E-state index in [9.17, 15) is 8.60 Å². The van der Waals surface area contributed by atoms with Crippen molar-refractivity contribution in [2.24, 2.45) is 16.7 Å². The lowest BCUT2D eigenvalue weighted by molar-refractivity contribution is 0.290. The molecule has 2 aromatic rings. The molecule has 0 amide bonds. The van der Waals surface area contributed by atoms with Crippen LogP contribution in [0.4, 0.5) is 4.39 Å². The number of hydrogen-bond acceptors (Lipinski definition) is 6. The number of rotatable bonds is 9. The molecular formula is C17H22FN5O3S. The number of aliphatic hydroxyl groups excluding tert-OH is 1. The van der Waals surface area contributed by atoms with E-state index in [4.69, 9.17) is 21.4 Å². The van der Waals surface area contributed by atoms with Crippen molar-refractivity contribution in [1.29, 1.82) is 0 Å². The van der Waals surface area contributed by atoms with Crippen LogP contribution in [0.3, 0.4) is 0 Å². The summed E-state index contributed by atoms with van der Waals surface area (Å²) in [5, 5.41) is 14.1. The highest BCUT2D eigenvalue weighted by Gasteiger charge is 2.13. The summed E-state index contributed by atoms with van der Waals surface area (Å²) in [5.41, 5.74) is 7.30. The van der Waals surface area contributed by atoms with Crippen molar-refractivity contribution in [3.8, 4) is 5.75 Å². The number of methoxy groups -OCH3 is 1. The largest absolute Gasteiger partial charge is 0.495 e. The van der Waals surface area contributed by atoms with E-state index >= 15 is 0 Å². The van der Waals surface area contributed by atoms with E-state index in [-0.39, 0.29) is 31.3 Å². The molecule has 0 aliphatic heterocycles. The molecule has 0 aliphatic rings. The van der Waals surface area contributed by atoms with E-state index in [2.05, 4.69) is 9.82 Å². The maximum atomic E-state index is 12.9. The Morgan fingerprint density at radius 1 is 1.33 bits per heavy atom. The number of hydrazone groups is 1. The lowest BCUT2D eigenvalue weighted by Crippen LogP contribution is -2.29. The second kappa shape index (κ2) is 9.97. The number of benzene rings is 2. The minimum Gasteiger partial charge on any atom is -0.495 e. The van der Waals surface area contributed by atoms with Gasteiger partial charge < -0.3 is 15.6 Å². The predicted molar refractivity (Wildman–Crippen MR) is 101 cm³/mol. The lowest BCUT2D eigenvalue weighted by atomic mass is 10.2. The highest BCUT2D eigenvalue weighted by molar-refractivity contribution is 7.83. The second-order valence-electron chi connectivity index (χ2n) is 5.46. The zero-order chi connectivity index (χ0) is 19.8. The average molecular weight is 395 g/mol. The Morgan fingerprint density at radius 3 is 2.67 bits per heavy atom. The van der Waals surface area contributed by atoms with E-state index < -0.39 is 11.0 Å². The van der Waals surface area contributed by atoms with Crippen LogP contribution in [-0.4, -0.2) is 40.5 Å². The van der Waals surface area contributed by atoms with Gasteiger partial charge in [-0.2, -0.15) is 0 Å². The molecule has 6 N–H and O–H groups in total. The molecule has 0 aromatic heterocycles. The fraction of sp³-hybridized carbons (Fsp3) is 0.235. The average Bonchev–Trinajstić information content (AvgIpc) is 2.67. The molecule has 0 aliphatic carbocycles. The van der Waals surface area contributed by atoms with Crippen LogP contribution in [0, 0.1) is 5.82 Å². The molecule has 1 unspecified atom stereocenters. The number of aliphatic hydroxyl groups is 1. The monoisotopic (exact) mass is 395 g/mol. The number of nitrogens with zero attached hydrogens (tertiary/aromatic N) is 2. The van der Waals surface area contributed by atoms with Gasteiger partial charge in [-0.25, -0.2) is 24.3 Å². The van der Waals surface area contributed by atoms with Crippen molar-refractivity contribution in [2.75, 3.05) is 20.3 Å². The van der Waals surface area contributed by atoms with Gasteiger partial charge >= 0.3 is 0 Å². The Bertz CT molecular complexity index is 817. The van der Waals surface area contributed by atoms with Gasteiger partial charge in [0.2, 0.25) is 0 Å². The summed E-state index contributed by atoms with van der Waals surface area (Å²) in [6, 6.07) is 10.7. The summed E-state index contributed by atoms with van der Waals surface area (Å²) in [6.45, 7) is 0.296. The number of ether oxygens (including phenoxy) is 1. The van der Waals surface area contributed by atoms with Crippen LogP contribution in [-0.2, 0) is 17.5 Å². The quantitative estimate of drug-likeness (QED) is 0.211. The molecule has 0 saturated heterocycles. The maximum absolute atomic E-state index is 12.9. The summed E-state index contributed by atoms with van der Waals surface area (Å²) in [4.78, 5) is 0.415. The first-order chi connectivity index (χ1) is 12.9. The van der Waals surface area contributed by atoms with Gasteiger partial charge in [0, 0.05) is 12.1 Å². The Morgan fingerprint density at radius 2 is 2.04 bits per heavy atom.